The molecule has 0 radical (unpaired) electrons. The van der Waals surface area contributed by atoms with E-state index in [9.17, 15) is 4.79 Å². The van der Waals surface area contributed by atoms with Gasteiger partial charge in [-0.3, -0.25) is 4.79 Å². The molecule has 0 aromatic rings. The van der Waals surface area contributed by atoms with Crippen LogP contribution < -0.4 is 10.6 Å². The minimum atomic E-state index is -0.253. The van der Waals surface area contributed by atoms with Gasteiger partial charge in [0.05, 0.1) is 0 Å². The second kappa shape index (κ2) is 6.23. The molecule has 0 aliphatic carbocycles. The van der Waals surface area contributed by atoms with Crippen LogP contribution in [0.5, 0.6) is 0 Å². The van der Waals surface area contributed by atoms with Gasteiger partial charge >= 0.3 is 0 Å². The van der Waals surface area contributed by atoms with Crippen molar-refractivity contribution in [3.63, 3.8) is 0 Å². The Morgan fingerprint density at radius 1 is 1.26 bits per heavy atom. The van der Waals surface area contributed by atoms with Crippen LogP contribution in [0.4, 0.5) is 0 Å². The number of hydrogen-bond donors (Lipinski definition) is 2. The van der Waals surface area contributed by atoms with Gasteiger partial charge in [-0.05, 0) is 64.8 Å². The quantitative estimate of drug-likeness (QED) is 0.808. The van der Waals surface area contributed by atoms with Gasteiger partial charge in [-0.15, -0.1) is 0 Å². The van der Waals surface area contributed by atoms with Gasteiger partial charge in [0.1, 0.15) is 0 Å². The van der Waals surface area contributed by atoms with E-state index in [0.717, 1.165) is 39.0 Å². The third-order valence-corrected chi connectivity index (χ3v) is 4.96. The monoisotopic (exact) mass is 267 g/mol. The van der Waals surface area contributed by atoms with E-state index >= 15 is 0 Å². The number of amides is 1. The number of rotatable bonds is 3. The number of piperidine rings is 2. The summed E-state index contributed by atoms with van der Waals surface area (Å²) in [6.45, 7) is 8.48. The van der Waals surface area contributed by atoms with E-state index in [1.54, 1.807) is 0 Å². The first-order valence-corrected chi connectivity index (χ1v) is 7.70. The maximum Gasteiger partial charge on any atom is 0.226 e. The summed E-state index contributed by atoms with van der Waals surface area (Å²) in [6.07, 6.45) is 4.53. The molecule has 0 aromatic heterocycles. The summed E-state index contributed by atoms with van der Waals surface area (Å²) in [7, 11) is 2.15. The molecule has 2 aliphatic heterocycles. The van der Waals surface area contributed by atoms with E-state index in [2.05, 4.69) is 36.4 Å². The molecular formula is C15H29N3O. The number of carbonyl (C=O) groups excluding carboxylic acids is 1. The molecule has 2 saturated heterocycles. The standard InChI is InChI=1S/C15H29N3O/c1-15(2,12-5-4-8-16-11-12)14(19)17-13-6-9-18(3)10-7-13/h12-13,16H,4-11H2,1-3H3,(H,17,19). The van der Waals surface area contributed by atoms with Crippen LogP contribution in [0.2, 0.25) is 0 Å². The summed E-state index contributed by atoms with van der Waals surface area (Å²) in [5.74, 6) is 0.711. The molecule has 110 valence electrons. The fourth-order valence-corrected chi connectivity index (χ4v) is 3.18. The van der Waals surface area contributed by atoms with Gasteiger partial charge in [0.2, 0.25) is 5.91 Å². The van der Waals surface area contributed by atoms with Crippen LogP contribution in [0.15, 0.2) is 0 Å². The van der Waals surface area contributed by atoms with Gasteiger partial charge in [-0.2, -0.15) is 0 Å². The highest BCUT2D eigenvalue weighted by Gasteiger charge is 2.38. The topological polar surface area (TPSA) is 44.4 Å². The lowest BCUT2D eigenvalue weighted by Gasteiger charge is -2.38. The van der Waals surface area contributed by atoms with Crippen LogP contribution in [0.3, 0.4) is 0 Å². The molecule has 0 aromatic carbocycles. The Hall–Kier alpha value is -0.610. The van der Waals surface area contributed by atoms with Crippen LogP contribution in [0.25, 0.3) is 0 Å². The van der Waals surface area contributed by atoms with Gasteiger partial charge in [-0.1, -0.05) is 13.8 Å². The molecule has 1 atom stereocenters. The predicted molar refractivity (Wildman–Crippen MR) is 78.0 cm³/mol. The first kappa shape index (κ1) is 14.8. The van der Waals surface area contributed by atoms with Crippen LogP contribution in [-0.4, -0.2) is 50.1 Å². The summed E-state index contributed by atoms with van der Waals surface area (Å²) in [6, 6.07) is 0.375. The molecule has 19 heavy (non-hydrogen) atoms. The van der Waals surface area contributed by atoms with E-state index in [1.807, 2.05) is 0 Å². The highest BCUT2D eigenvalue weighted by Crippen LogP contribution is 2.32. The third-order valence-electron chi connectivity index (χ3n) is 4.96. The second-order valence-corrected chi connectivity index (χ2v) is 6.82. The van der Waals surface area contributed by atoms with Crippen LogP contribution in [0, 0.1) is 11.3 Å². The lowest BCUT2D eigenvalue weighted by atomic mass is 9.74. The van der Waals surface area contributed by atoms with Crippen molar-refractivity contribution in [1.29, 1.82) is 0 Å². The van der Waals surface area contributed by atoms with Crippen molar-refractivity contribution in [1.82, 2.24) is 15.5 Å². The molecule has 4 heteroatoms. The van der Waals surface area contributed by atoms with Crippen molar-refractivity contribution in [2.24, 2.45) is 11.3 Å². The average Bonchev–Trinajstić information content (AvgIpc) is 2.42. The van der Waals surface area contributed by atoms with Crippen molar-refractivity contribution in [2.75, 3.05) is 33.2 Å². The Labute approximate surface area is 117 Å². The first-order valence-electron chi connectivity index (χ1n) is 7.70. The molecule has 4 nitrogen and oxygen atoms in total. The zero-order chi connectivity index (χ0) is 13.9. The van der Waals surface area contributed by atoms with E-state index in [4.69, 9.17) is 0 Å². The summed E-state index contributed by atoms with van der Waals surface area (Å²) in [4.78, 5) is 14.9. The molecule has 0 saturated carbocycles. The summed E-state index contributed by atoms with van der Waals surface area (Å²) >= 11 is 0. The number of hydrogen-bond acceptors (Lipinski definition) is 3. The second-order valence-electron chi connectivity index (χ2n) is 6.82. The molecule has 2 aliphatic rings. The molecule has 1 amide bonds. The summed E-state index contributed by atoms with van der Waals surface area (Å²) in [5, 5.41) is 6.70. The maximum absolute atomic E-state index is 12.6. The highest BCUT2D eigenvalue weighted by atomic mass is 16.2. The molecule has 0 bridgehead atoms. The SMILES string of the molecule is CN1CCC(NC(=O)C(C)(C)C2CCCNC2)CC1. The largest absolute Gasteiger partial charge is 0.353 e. The maximum atomic E-state index is 12.6. The van der Waals surface area contributed by atoms with Crippen LogP contribution in [-0.2, 0) is 4.79 Å². The number of likely N-dealkylation sites (tertiary alicyclic amines) is 1. The van der Waals surface area contributed by atoms with Crippen LogP contribution >= 0.6 is 0 Å². The first-order chi connectivity index (χ1) is 9.00. The average molecular weight is 267 g/mol. The Morgan fingerprint density at radius 2 is 1.95 bits per heavy atom. The van der Waals surface area contributed by atoms with Crippen LogP contribution in [0.1, 0.15) is 39.5 Å². The Morgan fingerprint density at radius 3 is 2.53 bits per heavy atom. The van der Waals surface area contributed by atoms with Crippen molar-refractivity contribution >= 4 is 5.91 Å². The lowest BCUT2D eigenvalue weighted by Crippen LogP contribution is -2.51. The molecule has 2 heterocycles. The van der Waals surface area contributed by atoms with Gasteiger partial charge < -0.3 is 15.5 Å². The summed E-state index contributed by atoms with van der Waals surface area (Å²) in [5.41, 5.74) is -0.253. The molecule has 2 rings (SSSR count). The van der Waals surface area contributed by atoms with E-state index in [0.29, 0.717) is 12.0 Å². The molecular weight excluding hydrogens is 238 g/mol. The third kappa shape index (κ3) is 3.69. The molecule has 2 fully saturated rings. The van der Waals surface area contributed by atoms with Gasteiger partial charge in [0, 0.05) is 11.5 Å². The van der Waals surface area contributed by atoms with E-state index < -0.39 is 0 Å². The lowest BCUT2D eigenvalue weighted by molar-refractivity contribution is -0.133. The zero-order valence-electron chi connectivity index (χ0n) is 12.7. The smallest absolute Gasteiger partial charge is 0.226 e. The van der Waals surface area contributed by atoms with E-state index in [1.165, 1.54) is 12.8 Å². The van der Waals surface area contributed by atoms with Crippen molar-refractivity contribution < 1.29 is 4.79 Å². The number of nitrogens with one attached hydrogen (secondary N) is 2. The van der Waals surface area contributed by atoms with Gasteiger partial charge in [0.15, 0.2) is 0 Å². The highest BCUT2D eigenvalue weighted by molar-refractivity contribution is 5.82. The molecule has 0 spiro atoms. The van der Waals surface area contributed by atoms with E-state index in [-0.39, 0.29) is 11.3 Å². The Bertz CT molecular complexity index is 303. The Kier molecular flexibility index (Phi) is 4.85. The number of nitrogens with zero attached hydrogens (tertiary/aromatic N) is 1. The molecule has 1 unspecified atom stereocenters. The van der Waals surface area contributed by atoms with Gasteiger partial charge in [0.25, 0.3) is 0 Å². The van der Waals surface area contributed by atoms with Crippen molar-refractivity contribution in [3.8, 4) is 0 Å². The predicted octanol–water partition coefficient (Wildman–Crippen LogP) is 1.22. The van der Waals surface area contributed by atoms with Crippen molar-refractivity contribution in [3.05, 3.63) is 0 Å². The summed E-state index contributed by atoms with van der Waals surface area (Å²) < 4.78 is 0. The Balaban J connectivity index is 1.87. The normalized spacial score (nSPS) is 27.2. The minimum absolute atomic E-state index is 0.246. The fraction of sp³-hybridized carbons (Fsp3) is 0.933. The number of carbonyl (C=O) groups is 1. The van der Waals surface area contributed by atoms with Gasteiger partial charge in [-0.25, -0.2) is 0 Å². The molecule has 2 N–H and O–H groups in total. The fourth-order valence-electron chi connectivity index (χ4n) is 3.18. The minimum Gasteiger partial charge on any atom is -0.353 e. The van der Waals surface area contributed by atoms with Crippen molar-refractivity contribution in [2.45, 2.75) is 45.6 Å². The zero-order valence-corrected chi connectivity index (χ0v) is 12.7.